The molecule has 13 heteroatoms. The minimum atomic E-state index is -1.57. The van der Waals surface area contributed by atoms with Crippen molar-refractivity contribution in [1.82, 2.24) is 10.4 Å². The highest BCUT2D eigenvalue weighted by atomic mass is 127. The maximum Gasteiger partial charge on any atom is 0.272 e. The van der Waals surface area contributed by atoms with Crippen LogP contribution >= 0.6 is 44.2 Å². The molecule has 178 valence electrons. The van der Waals surface area contributed by atoms with Crippen LogP contribution in [-0.4, -0.2) is 79.1 Å². The first-order valence-electron chi connectivity index (χ1n) is 10.0. The molecule has 0 radical (unpaired) electrons. The van der Waals surface area contributed by atoms with E-state index in [0.717, 1.165) is 15.9 Å². The van der Waals surface area contributed by atoms with Gasteiger partial charge in [-0.15, -0.1) is 0 Å². The highest BCUT2D eigenvalue weighted by molar-refractivity contribution is 14.1. The van der Waals surface area contributed by atoms with Crippen LogP contribution in [0.3, 0.4) is 0 Å². The van der Waals surface area contributed by atoms with Crippen molar-refractivity contribution in [3.05, 3.63) is 29.8 Å². The third kappa shape index (κ3) is 3.19. The van der Waals surface area contributed by atoms with Crippen LogP contribution in [0, 0.1) is 0 Å². The summed E-state index contributed by atoms with van der Waals surface area (Å²) in [5.41, 5.74) is -1.19. The molecule has 7 atom stereocenters. The lowest BCUT2D eigenvalue weighted by Crippen LogP contribution is -2.77. The smallest absolute Gasteiger partial charge is 0.272 e. The maximum atomic E-state index is 13.6. The summed E-state index contributed by atoms with van der Waals surface area (Å²) in [5, 5.41) is 35.9. The Balaban J connectivity index is 1.58. The van der Waals surface area contributed by atoms with E-state index in [-0.39, 0.29) is 17.9 Å². The SMILES string of the molecule is COc1ccc([C@H]2SS[C@@]34C[C@]5(O)[C@H](I)C=C[C@@H](O)[C@@H]5ON3C(=O)[C@@H]2NC4=O)c(O)c1OC. The number of benzene rings is 1. The number of nitrogens with zero attached hydrogens (tertiary/aromatic N) is 1. The first-order chi connectivity index (χ1) is 15.7. The molecule has 4 heterocycles. The molecule has 0 aromatic heterocycles. The topological polar surface area (TPSA) is 138 Å². The molecule has 5 aliphatic rings. The number of carbonyl (C=O) groups excluding carboxylic acids is 2. The number of nitrogens with one attached hydrogen (secondary N) is 1. The van der Waals surface area contributed by atoms with Crippen LogP contribution < -0.4 is 14.8 Å². The van der Waals surface area contributed by atoms with Gasteiger partial charge in [0.05, 0.1) is 23.4 Å². The van der Waals surface area contributed by atoms with E-state index in [9.17, 15) is 24.9 Å². The van der Waals surface area contributed by atoms with Gasteiger partial charge in [0.25, 0.3) is 11.8 Å². The van der Waals surface area contributed by atoms with Crippen LogP contribution in [0.1, 0.15) is 17.2 Å². The fourth-order valence-electron chi connectivity index (χ4n) is 4.66. The van der Waals surface area contributed by atoms with E-state index < -0.39 is 49.7 Å². The Kier molecular flexibility index (Phi) is 5.72. The van der Waals surface area contributed by atoms with Crippen molar-refractivity contribution in [2.45, 2.75) is 44.3 Å². The number of aliphatic hydroxyl groups excluding tert-OH is 1. The van der Waals surface area contributed by atoms with Gasteiger partial charge in [-0.05, 0) is 6.07 Å². The van der Waals surface area contributed by atoms with Gasteiger partial charge in [0.1, 0.15) is 23.9 Å². The fourth-order valence-corrected chi connectivity index (χ4v) is 8.99. The first-order valence-corrected chi connectivity index (χ1v) is 13.5. The summed E-state index contributed by atoms with van der Waals surface area (Å²) >= 11 is 2.03. The Morgan fingerprint density at radius 1 is 1.27 bits per heavy atom. The Hall–Kier alpha value is -1.39. The van der Waals surface area contributed by atoms with Gasteiger partial charge in [-0.3, -0.25) is 14.4 Å². The molecule has 2 amide bonds. The largest absolute Gasteiger partial charge is 0.504 e. The number of phenolic OH excluding ortho intramolecular Hbond substituents is 1. The zero-order chi connectivity index (χ0) is 23.7. The number of aliphatic hydroxyl groups is 2. The second-order valence-electron chi connectivity index (χ2n) is 8.18. The van der Waals surface area contributed by atoms with Crippen molar-refractivity contribution >= 4 is 56.0 Å². The molecular weight excluding hydrogens is 587 g/mol. The average molecular weight is 608 g/mol. The van der Waals surface area contributed by atoms with Crippen LogP contribution in [0.4, 0.5) is 0 Å². The standard InChI is InChI=1S/C20H21IN2O8S2/c1-29-10-5-3-8(13(25)14(10)30-2)15-12-17(26)23-20(33-32-15,18(27)22-12)7-19(28)11(21)6-4-9(24)16(19)31-23/h3-6,9,11-12,15-16,24-25,28H,7H2,1-2H3,(H,22,27)/t9-,11-,12-,15-,16+,19+,20-/m1/s1. The highest BCUT2D eigenvalue weighted by Gasteiger charge is 2.69. The summed E-state index contributed by atoms with van der Waals surface area (Å²) < 4.78 is 10.1. The highest BCUT2D eigenvalue weighted by Crippen LogP contribution is 2.61. The van der Waals surface area contributed by atoms with Gasteiger partial charge in [0, 0.05) is 12.0 Å². The van der Waals surface area contributed by atoms with Crippen LogP contribution in [0.25, 0.3) is 0 Å². The predicted molar refractivity (Wildman–Crippen MR) is 128 cm³/mol. The molecule has 2 bridgehead atoms. The second-order valence-corrected chi connectivity index (χ2v) is 12.1. The van der Waals surface area contributed by atoms with E-state index in [4.69, 9.17) is 14.3 Å². The van der Waals surface area contributed by atoms with Crippen LogP contribution in [0.15, 0.2) is 24.3 Å². The minimum Gasteiger partial charge on any atom is -0.504 e. The maximum absolute atomic E-state index is 13.6. The molecule has 1 aromatic carbocycles. The molecule has 10 nitrogen and oxygen atoms in total. The van der Waals surface area contributed by atoms with Crippen molar-refractivity contribution in [2.24, 2.45) is 0 Å². The number of phenols is 1. The fraction of sp³-hybridized carbons (Fsp3) is 0.500. The lowest BCUT2D eigenvalue weighted by Gasteiger charge is -2.56. The number of piperazine rings is 1. The van der Waals surface area contributed by atoms with Crippen molar-refractivity contribution in [3.63, 3.8) is 0 Å². The van der Waals surface area contributed by atoms with E-state index in [1.807, 2.05) is 22.6 Å². The van der Waals surface area contributed by atoms with Crippen molar-refractivity contribution in [2.75, 3.05) is 14.2 Å². The van der Waals surface area contributed by atoms with E-state index in [0.29, 0.717) is 11.3 Å². The summed E-state index contributed by atoms with van der Waals surface area (Å²) in [7, 11) is 5.16. The molecule has 4 N–H and O–H groups in total. The molecule has 4 aliphatic heterocycles. The molecule has 1 spiro atoms. The molecule has 4 saturated heterocycles. The van der Waals surface area contributed by atoms with E-state index in [1.54, 1.807) is 18.2 Å². The van der Waals surface area contributed by atoms with E-state index in [1.165, 1.54) is 31.1 Å². The van der Waals surface area contributed by atoms with E-state index >= 15 is 0 Å². The molecular formula is C20H21IN2O8S2. The summed E-state index contributed by atoms with van der Waals surface area (Å²) in [6, 6.07) is 2.18. The number of carbonyl (C=O) groups is 2. The third-order valence-corrected chi connectivity index (χ3v) is 11.2. The van der Waals surface area contributed by atoms with Gasteiger partial charge < -0.3 is 30.1 Å². The molecule has 1 aromatic rings. The van der Waals surface area contributed by atoms with Crippen molar-refractivity contribution < 1.29 is 39.2 Å². The molecule has 0 unspecified atom stereocenters. The van der Waals surface area contributed by atoms with Crippen LogP contribution in [0.5, 0.6) is 17.2 Å². The zero-order valence-corrected chi connectivity index (χ0v) is 21.2. The number of fused-ring (bicyclic) bond motifs is 4. The molecule has 6 rings (SSSR count). The number of alkyl halides is 1. The molecule has 1 aliphatic carbocycles. The predicted octanol–water partition coefficient (Wildman–Crippen LogP) is 1.04. The minimum absolute atomic E-state index is 0.118. The Labute approximate surface area is 210 Å². The van der Waals surface area contributed by atoms with Gasteiger partial charge in [-0.25, -0.2) is 0 Å². The number of hydroxylamine groups is 2. The number of rotatable bonds is 3. The zero-order valence-electron chi connectivity index (χ0n) is 17.4. The van der Waals surface area contributed by atoms with Gasteiger partial charge in [-0.2, -0.15) is 5.06 Å². The van der Waals surface area contributed by atoms with Gasteiger partial charge >= 0.3 is 0 Å². The number of ether oxygens (including phenoxy) is 2. The quantitative estimate of drug-likeness (QED) is 0.171. The summed E-state index contributed by atoms with van der Waals surface area (Å²) in [6.45, 7) is 0. The number of amides is 2. The lowest BCUT2D eigenvalue weighted by atomic mass is 9.77. The van der Waals surface area contributed by atoms with Gasteiger partial charge in [-0.1, -0.05) is 62.4 Å². The van der Waals surface area contributed by atoms with E-state index in [2.05, 4.69) is 5.32 Å². The summed E-state index contributed by atoms with van der Waals surface area (Å²) in [6.07, 6.45) is 0.805. The first kappa shape index (κ1) is 23.4. The number of halogens is 1. The lowest BCUT2D eigenvalue weighted by molar-refractivity contribution is -0.312. The van der Waals surface area contributed by atoms with Gasteiger partial charge in [0.2, 0.25) is 10.6 Å². The average Bonchev–Trinajstić information content (AvgIpc) is 2.99. The Bertz CT molecular complexity index is 1060. The Morgan fingerprint density at radius 2 is 2.03 bits per heavy atom. The molecule has 4 fully saturated rings. The number of hydrogen-bond donors (Lipinski definition) is 4. The number of aromatic hydroxyl groups is 1. The van der Waals surface area contributed by atoms with Crippen LogP contribution in [-0.2, 0) is 14.4 Å². The molecule has 0 saturated carbocycles. The second kappa shape index (κ2) is 8.09. The monoisotopic (exact) mass is 608 g/mol. The normalized spacial score (nSPS) is 39.4. The number of hydrogen-bond acceptors (Lipinski definition) is 10. The third-order valence-electron chi connectivity index (χ3n) is 6.38. The molecule has 33 heavy (non-hydrogen) atoms. The number of methoxy groups -OCH3 is 2. The Morgan fingerprint density at radius 3 is 2.73 bits per heavy atom. The van der Waals surface area contributed by atoms with Crippen molar-refractivity contribution in [1.29, 1.82) is 0 Å². The summed E-state index contributed by atoms with van der Waals surface area (Å²) in [5.74, 6) is -0.762. The van der Waals surface area contributed by atoms with Gasteiger partial charge in [0.15, 0.2) is 11.5 Å². The summed E-state index contributed by atoms with van der Waals surface area (Å²) in [4.78, 5) is 31.3. The van der Waals surface area contributed by atoms with Crippen LogP contribution in [0.2, 0.25) is 0 Å². The van der Waals surface area contributed by atoms with Crippen molar-refractivity contribution in [3.8, 4) is 17.2 Å².